The molecule has 1 fully saturated rings. The van der Waals surface area contributed by atoms with Crippen molar-refractivity contribution in [2.45, 2.75) is 19.9 Å². The molecule has 3 rings (SSSR count). The number of nitrogens with one attached hydrogen (secondary N) is 1. The van der Waals surface area contributed by atoms with Crippen LogP contribution in [0.1, 0.15) is 19.4 Å². The van der Waals surface area contributed by atoms with Gasteiger partial charge in [-0.1, -0.05) is 36.4 Å². The Hall–Kier alpha value is -3.59. The van der Waals surface area contributed by atoms with Crippen LogP contribution in [0.4, 0.5) is 10.5 Å². The molecule has 32 heavy (non-hydrogen) atoms. The number of anilines is 1. The van der Waals surface area contributed by atoms with Crippen LogP contribution in [0, 0.1) is 0 Å². The second kappa shape index (κ2) is 10.6. The third-order valence-corrected chi connectivity index (χ3v) is 5.34. The largest absolute Gasteiger partial charge is 0.483 e. The molecule has 0 spiro atoms. The third-order valence-electron chi connectivity index (χ3n) is 4.46. The lowest BCUT2D eigenvalue weighted by molar-refractivity contribution is -0.150. The molecule has 0 saturated carbocycles. The van der Waals surface area contributed by atoms with Gasteiger partial charge in [0.2, 0.25) is 0 Å². The summed E-state index contributed by atoms with van der Waals surface area (Å²) in [5, 5.41) is 2.17. The molecule has 1 unspecified atom stereocenters. The van der Waals surface area contributed by atoms with E-state index in [9.17, 15) is 19.2 Å². The van der Waals surface area contributed by atoms with Gasteiger partial charge in [0.15, 0.2) is 6.61 Å². The SMILES string of the molecule is CCOC(=O)C(C)N1C(=O)S/C(=C/c2ccccc2OCC(=O)Nc2ccccc2)C1=O. The first-order valence-corrected chi connectivity index (χ1v) is 10.7. The zero-order chi connectivity index (χ0) is 23.1. The molecule has 8 nitrogen and oxygen atoms in total. The fraction of sp³-hybridized carbons (Fsp3) is 0.217. The number of rotatable bonds is 8. The number of ether oxygens (including phenoxy) is 2. The predicted octanol–water partition coefficient (Wildman–Crippen LogP) is 3.69. The van der Waals surface area contributed by atoms with Gasteiger partial charge in [-0.15, -0.1) is 0 Å². The Morgan fingerprint density at radius 3 is 2.50 bits per heavy atom. The fourth-order valence-electron chi connectivity index (χ4n) is 2.92. The Balaban J connectivity index is 1.71. The van der Waals surface area contributed by atoms with Crippen molar-refractivity contribution in [3.05, 3.63) is 65.1 Å². The summed E-state index contributed by atoms with van der Waals surface area (Å²) in [6.07, 6.45) is 1.51. The maximum Gasteiger partial charge on any atom is 0.329 e. The fourth-order valence-corrected chi connectivity index (χ4v) is 3.82. The number of carbonyl (C=O) groups excluding carboxylic acids is 4. The van der Waals surface area contributed by atoms with Crippen molar-refractivity contribution in [2.24, 2.45) is 0 Å². The lowest BCUT2D eigenvalue weighted by atomic mass is 10.1. The van der Waals surface area contributed by atoms with Gasteiger partial charge >= 0.3 is 5.97 Å². The lowest BCUT2D eigenvalue weighted by Crippen LogP contribution is -2.42. The molecular formula is C23H22N2O6S. The number of thioether (sulfide) groups is 1. The van der Waals surface area contributed by atoms with Crippen molar-refractivity contribution >= 4 is 46.5 Å². The molecule has 1 atom stereocenters. The van der Waals surface area contributed by atoms with E-state index in [1.165, 1.54) is 13.0 Å². The number of carbonyl (C=O) groups is 4. The van der Waals surface area contributed by atoms with Gasteiger partial charge in [0.1, 0.15) is 11.8 Å². The van der Waals surface area contributed by atoms with Crippen molar-refractivity contribution in [3.63, 3.8) is 0 Å². The Labute approximate surface area is 189 Å². The number of imide groups is 1. The first-order chi connectivity index (χ1) is 15.4. The van der Waals surface area contributed by atoms with Crippen LogP contribution in [0.5, 0.6) is 5.75 Å². The molecule has 3 amide bonds. The van der Waals surface area contributed by atoms with Crippen LogP contribution < -0.4 is 10.1 Å². The highest BCUT2D eigenvalue weighted by Crippen LogP contribution is 2.35. The number of benzene rings is 2. The van der Waals surface area contributed by atoms with Crippen LogP contribution in [0.2, 0.25) is 0 Å². The standard InChI is InChI=1S/C23H22N2O6S/c1-3-30-22(28)15(2)25-21(27)19(32-23(25)29)13-16-9-7-8-12-18(16)31-14-20(26)24-17-10-5-4-6-11-17/h4-13,15H,3,14H2,1-2H3,(H,24,26)/b19-13+. The van der Waals surface area contributed by atoms with Gasteiger partial charge in [-0.05, 0) is 49.9 Å². The lowest BCUT2D eigenvalue weighted by Gasteiger charge is -2.19. The van der Waals surface area contributed by atoms with E-state index in [0.717, 1.165) is 16.7 Å². The molecule has 1 saturated heterocycles. The number of esters is 1. The summed E-state index contributed by atoms with van der Waals surface area (Å²) >= 11 is 0.731. The molecule has 1 heterocycles. The van der Waals surface area contributed by atoms with Crippen molar-refractivity contribution in [3.8, 4) is 5.75 Å². The summed E-state index contributed by atoms with van der Waals surface area (Å²) in [7, 11) is 0. The van der Waals surface area contributed by atoms with Crippen LogP contribution in [-0.4, -0.2) is 47.2 Å². The minimum Gasteiger partial charge on any atom is -0.483 e. The molecule has 2 aromatic rings. The van der Waals surface area contributed by atoms with Gasteiger partial charge in [0.05, 0.1) is 11.5 Å². The van der Waals surface area contributed by atoms with E-state index in [2.05, 4.69) is 5.32 Å². The highest BCUT2D eigenvalue weighted by Gasteiger charge is 2.41. The summed E-state index contributed by atoms with van der Waals surface area (Å²) < 4.78 is 10.5. The first-order valence-electron chi connectivity index (χ1n) is 9.91. The number of nitrogens with zero attached hydrogens (tertiary/aromatic N) is 1. The number of para-hydroxylation sites is 2. The van der Waals surface area contributed by atoms with E-state index in [4.69, 9.17) is 9.47 Å². The van der Waals surface area contributed by atoms with Gasteiger partial charge in [0.25, 0.3) is 17.1 Å². The number of hydrogen-bond donors (Lipinski definition) is 1. The molecule has 0 radical (unpaired) electrons. The highest BCUT2D eigenvalue weighted by molar-refractivity contribution is 8.18. The van der Waals surface area contributed by atoms with Crippen LogP contribution in [-0.2, 0) is 19.1 Å². The van der Waals surface area contributed by atoms with Crippen LogP contribution in [0.3, 0.4) is 0 Å². The van der Waals surface area contributed by atoms with Crippen molar-refractivity contribution in [1.82, 2.24) is 4.90 Å². The number of hydrogen-bond acceptors (Lipinski definition) is 7. The third kappa shape index (κ3) is 5.55. The van der Waals surface area contributed by atoms with Crippen LogP contribution in [0.25, 0.3) is 6.08 Å². The molecule has 9 heteroatoms. The summed E-state index contributed by atoms with van der Waals surface area (Å²) in [4.78, 5) is 50.3. The second-order valence-electron chi connectivity index (χ2n) is 6.72. The average Bonchev–Trinajstić information content (AvgIpc) is 3.06. The van der Waals surface area contributed by atoms with E-state index in [-0.39, 0.29) is 24.0 Å². The minimum atomic E-state index is -1.03. The van der Waals surface area contributed by atoms with Crippen LogP contribution in [0.15, 0.2) is 59.5 Å². The summed E-state index contributed by atoms with van der Waals surface area (Å²) in [6.45, 7) is 3.01. The van der Waals surface area contributed by atoms with E-state index >= 15 is 0 Å². The van der Waals surface area contributed by atoms with Crippen molar-refractivity contribution in [1.29, 1.82) is 0 Å². The van der Waals surface area contributed by atoms with E-state index in [1.54, 1.807) is 43.3 Å². The molecular weight excluding hydrogens is 432 g/mol. The zero-order valence-corrected chi connectivity index (χ0v) is 18.4. The highest BCUT2D eigenvalue weighted by atomic mass is 32.2. The smallest absolute Gasteiger partial charge is 0.329 e. The monoisotopic (exact) mass is 454 g/mol. The van der Waals surface area contributed by atoms with Crippen molar-refractivity contribution in [2.75, 3.05) is 18.5 Å². The van der Waals surface area contributed by atoms with E-state index < -0.39 is 23.2 Å². The van der Waals surface area contributed by atoms with Gasteiger partial charge in [-0.2, -0.15) is 0 Å². The molecule has 1 aliphatic heterocycles. The summed E-state index contributed by atoms with van der Waals surface area (Å²) in [5.74, 6) is -1.20. The Kier molecular flexibility index (Phi) is 7.67. The van der Waals surface area contributed by atoms with Crippen LogP contribution >= 0.6 is 11.8 Å². The zero-order valence-electron chi connectivity index (χ0n) is 17.6. The molecule has 1 aliphatic rings. The maximum atomic E-state index is 12.8. The Morgan fingerprint density at radius 1 is 1.09 bits per heavy atom. The van der Waals surface area contributed by atoms with Gasteiger partial charge in [0, 0.05) is 11.3 Å². The Morgan fingerprint density at radius 2 is 1.78 bits per heavy atom. The van der Waals surface area contributed by atoms with E-state index in [1.807, 2.05) is 18.2 Å². The number of amides is 3. The predicted molar refractivity (Wildman–Crippen MR) is 121 cm³/mol. The second-order valence-corrected chi connectivity index (χ2v) is 7.71. The molecule has 0 aromatic heterocycles. The minimum absolute atomic E-state index is 0.149. The normalized spacial score (nSPS) is 15.6. The molecule has 1 N–H and O–H groups in total. The summed E-state index contributed by atoms with van der Waals surface area (Å²) in [5.41, 5.74) is 1.17. The molecule has 0 aliphatic carbocycles. The van der Waals surface area contributed by atoms with Crippen molar-refractivity contribution < 1.29 is 28.7 Å². The van der Waals surface area contributed by atoms with Gasteiger partial charge < -0.3 is 14.8 Å². The molecule has 0 bridgehead atoms. The molecule has 166 valence electrons. The molecule has 2 aromatic carbocycles. The first kappa shape index (κ1) is 23.1. The average molecular weight is 455 g/mol. The summed E-state index contributed by atoms with van der Waals surface area (Å²) in [6, 6.07) is 14.8. The maximum absolute atomic E-state index is 12.8. The quantitative estimate of drug-likeness (QED) is 0.479. The van der Waals surface area contributed by atoms with Gasteiger partial charge in [-0.3, -0.25) is 19.3 Å². The topological polar surface area (TPSA) is 102 Å². The van der Waals surface area contributed by atoms with E-state index in [0.29, 0.717) is 17.0 Å². The van der Waals surface area contributed by atoms with Gasteiger partial charge in [-0.25, -0.2) is 4.79 Å². The Bertz CT molecular complexity index is 1050.